The molecule has 0 aromatic carbocycles. The Kier molecular flexibility index (Phi) is 3.49. The SMILES string of the molecule is CC(=O)OCC1CSC2[C@H](N)C(=O)N2C1C(=O)O. The Labute approximate surface area is 108 Å². The number of carboxylic acids is 1. The quantitative estimate of drug-likeness (QED) is 0.494. The summed E-state index contributed by atoms with van der Waals surface area (Å²) in [5.74, 6) is -1.79. The van der Waals surface area contributed by atoms with Gasteiger partial charge in [-0.25, -0.2) is 4.79 Å². The van der Waals surface area contributed by atoms with E-state index in [-0.39, 0.29) is 17.9 Å². The first-order valence-electron chi connectivity index (χ1n) is 5.49. The van der Waals surface area contributed by atoms with Crippen LogP contribution in [0.5, 0.6) is 0 Å². The number of carbonyl (C=O) groups is 3. The highest BCUT2D eigenvalue weighted by atomic mass is 32.2. The van der Waals surface area contributed by atoms with Crippen molar-refractivity contribution >= 4 is 29.6 Å². The summed E-state index contributed by atoms with van der Waals surface area (Å²) in [6.07, 6.45) is 0. The zero-order valence-corrected chi connectivity index (χ0v) is 10.6. The lowest BCUT2D eigenvalue weighted by atomic mass is 9.94. The molecule has 0 spiro atoms. The molecule has 100 valence electrons. The number of hydrogen-bond acceptors (Lipinski definition) is 6. The van der Waals surface area contributed by atoms with E-state index in [4.69, 9.17) is 10.5 Å². The number of rotatable bonds is 3. The Bertz CT molecular complexity index is 402. The smallest absolute Gasteiger partial charge is 0.326 e. The zero-order chi connectivity index (χ0) is 13.4. The third-order valence-corrected chi connectivity index (χ3v) is 4.58. The van der Waals surface area contributed by atoms with Crippen LogP contribution in [0.4, 0.5) is 0 Å². The fourth-order valence-electron chi connectivity index (χ4n) is 2.21. The minimum absolute atomic E-state index is 0.00500. The van der Waals surface area contributed by atoms with Crippen molar-refractivity contribution in [3.63, 3.8) is 0 Å². The van der Waals surface area contributed by atoms with Gasteiger partial charge in [0.05, 0.1) is 6.61 Å². The number of aliphatic carboxylic acids is 1. The van der Waals surface area contributed by atoms with Crippen molar-refractivity contribution in [2.24, 2.45) is 11.7 Å². The molecule has 2 aliphatic heterocycles. The number of ether oxygens (including phenoxy) is 1. The van der Waals surface area contributed by atoms with Crippen LogP contribution in [0.25, 0.3) is 0 Å². The molecule has 2 rings (SSSR count). The normalized spacial score (nSPS) is 34.6. The maximum absolute atomic E-state index is 11.6. The van der Waals surface area contributed by atoms with Gasteiger partial charge in [-0.05, 0) is 0 Å². The molecule has 4 atom stereocenters. The van der Waals surface area contributed by atoms with Crippen LogP contribution in [0.1, 0.15) is 6.92 Å². The van der Waals surface area contributed by atoms with Crippen LogP contribution in [0.2, 0.25) is 0 Å². The summed E-state index contributed by atoms with van der Waals surface area (Å²) in [6, 6.07) is -1.57. The van der Waals surface area contributed by atoms with E-state index < -0.39 is 29.9 Å². The van der Waals surface area contributed by atoms with Crippen molar-refractivity contribution in [1.29, 1.82) is 0 Å². The van der Waals surface area contributed by atoms with Crippen LogP contribution in [-0.2, 0) is 19.1 Å². The van der Waals surface area contributed by atoms with E-state index in [1.54, 1.807) is 0 Å². The molecule has 2 aliphatic rings. The van der Waals surface area contributed by atoms with Gasteiger partial charge in [0.1, 0.15) is 17.5 Å². The molecule has 7 nitrogen and oxygen atoms in total. The lowest BCUT2D eigenvalue weighted by Gasteiger charge is -2.52. The van der Waals surface area contributed by atoms with Gasteiger partial charge in [0, 0.05) is 18.6 Å². The van der Waals surface area contributed by atoms with Crippen LogP contribution < -0.4 is 5.73 Å². The van der Waals surface area contributed by atoms with E-state index >= 15 is 0 Å². The van der Waals surface area contributed by atoms with Crippen molar-refractivity contribution in [3.8, 4) is 0 Å². The molecule has 0 aromatic rings. The molecule has 2 saturated heterocycles. The van der Waals surface area contributed by atoms with Gasteiger partial charge < -0.3 is 20.5 Å². The van der Waals surface area contributed by atoms with E-state index in [1.807, 2.05) is 0 Å². The molecule has 18 heavy (non-hydrogen) atoms. The molecule has 0 saturated carbocycles. The first kappa shape index (κ1) is 13.2. The minimum Gasteiger partial charge on any atom is -0.480 e. The monoisotopic (exact) mass is 274 g/mol. The van der Waals surface area contributed by atoms with Crippen molar-refractivity contribution in [2.45, 2.75) is 24.4 Å². The van der Waals surface area contributed by atoms with E-state index in [0.29, 0.717) is 5.75 Å². The standard InChI is InChI=1S/C10H14N2O5S/c1-4(13)17-2-5-3-18-9-6(11)8(14)12(9)7(5)10(15)16/h5-7,9H,2-3,11H2,1H3,(H,15,16)/t5?,6-,7?,9?/m1/s1. The molecule has 3 unspecified atom stereocenters. The third-order valence-electron chi connectivity index (χ3n) is 3.10. The molecule has 0 bridgehead atoms. The number of amides is 1. The predicted molar refractivity (Wildman–Crippen MR) is 62.6 cm³/mol. The van der Waals surface area contributed by atoms with Gasteiger partial charge >= 0.3 is 11.9 Å². The van der Waals surface area contributed by atoms with Gasteiger partial charge in [-0.15, -0.1) is 11.8 Å². The molecular formula is C10H14N2O5S. The molecule has 0 aliphatic carbocycles. The van der Waals surface area contributed by atoms with Crippen LogP contribution in [0, 0.1) is 5.92 Å². The average molecular weight is 274 g/mol. The summed E-state index contributed by atoms with van der Waals surface area (Å²) in [5, 5.41) is 8.94. The number of esters is 1. The van der Waals surface area contributed by atoms with Gasteiger partial charge in [-0.3, -0.25) is 9.59 Å². The van der Waals surface area contributed by atoms with Gasteiger partial charge in [0.25, 0.3) is 0 Å². The highest BCUT2D eigenvalue weighted by Gasteiger charge is 2.56. The van der Waals surface area contributed by atoms with Gasteiger partial charge in [-0.1, -0.05) is 0 Å². The summed E-state index contributed by atoms with van der Waals surface area (Å²) < 4.78 is 4.85. The highest BCUT2D eigenvalue weighted by Crippen LogP contribution is 2.39. The molecule has 3 N–H and O–H groups in total. The first-order chi connectivity index (χ1) is 8.43. The average Bonchev–Trinajstić information content (AvgIpc) is 2.33. The Balaban J connectivity index is 2.10. The molecular weight excluding hydrogens is 260 g/mol. The fourth-order valence-corrected chi connectivity index (χ4v) is 3.66. The number of hydrogen-bond donors (Lipinski definition) is 2. The fraction of sp³-hybridized carbons (Fsp3) is 0.700. The molecule has 2 fully saturated rings. The Morgan fingerprint density at radius 1 is 1.61 bits per heavy atom. The van der Waals surface area contributed by atoms with Crippen LogP contribution in [0.3, 0.4) is 0 Å². The zero-order valence-electron chi connectivity index (χ0n) is 9.74. The summed E-state index contributed by atoms with van der Waals surface area (Å²) in [7, 11) is 0. The van der Waals surface area contributed by atoms with Crippen molar-refractivity contribution in [3.05, 3.63) is 0 Å². The lowest BCUT2D eigenvalue weighted by molar-refractivity contribution is -0.165. The topological polar surface area (TPSA) is 110 Å². The molecule has 1 amide bonds. The summed E-state index contributed by atoms with van der Waals surface area (Å²) in [5.41, 5.74) is 5.62. The third kappa shape index (κ3) is 2.05. The van der Waals surface area contributed by atoms with E-state index in [0.717, 1.165) is 0 Å². The summed E-state index contributed by atoms with van der Waals surface area (Å²) in [4.78, 5) is 34.9. The second kappa shape index (κ2) is 4.77. The predicted octanol–water partition coefficient (Wildman–Crippen LogP) is -1.14. The maximum atomic E-state index is 11.6. The summed E-state index contributed by atoms with van der Waals surface area (Å²) in [6.45, 7) is 1.27. The number of fused-ring (bicyclic) bond motifs is 1. The second-order valence-corrected chi connectivity index (χ2v) is 5.49. The van der Waals surface area contributed by atoms with E-state index in [9.17, 15) is 19.5 Å². The highest BCUT2D eigenvalue weighted by molar-refractivity contribution is 8.00. The van der Waals surface area contributed by atoms with Crippen molar-refractivity contribution < 1.29 is 24.2 Å². The number of thioether (sulfide) groups is 1. The number of carbonyl (C=O) groups excluding carboxylic acids is 2. The minimum atomic E-state index is -1.09. The molecule has 8 heteroatoms. The second-order valence-electron chi connectivity index (χ2n) is 4.34. The van der Waals surface area contributed by atoms with Crippen LogP contribution >= 0.6 is 11.8 Å². The van der Waals surface area contributed by atoms with Gasteiger partial charge in [0.15, 0.2) is 0 Å². The summed E-state index contributed by atoms with van der Waals surface area (Å²) >= 11 is 1.43. The lowest BCUT2D eigenvalue weighted by Crippen LogP contribution is -2.74. The van der Waals surface area contributed by atoms with Gasteiger partial charge in [0.2, 0.25) is 5.91 Å². The number of nitrogens with zero attached hydrogens (tertiary/aromatic N) is 1. The van der Waals surface area contributed by atoms with Crippen molar-refractivity contribution in [1.82, 2.24) is 4.90 Å². The first-order valence-corrected chi connectivity index (χ1v) is 6.54. The molecule has 2 heterocycles. The van der Waals surface area contributed by atoms with Crippen LogP contribution in [-0.4, -0.2) is 57.7 Å². The van der Waals surface area contributed by atoms with Gasteiger partial charge in [-0.2, -0.15) is 0 Å². The molecule has 0 aromatic heterocycles. The maximum Gasteiger partial charge on any atom is 0.326 e. The van der Waals surface area contributed by atoms with E-state index in [2.05, 4.69) is 0 Å². The largest absolute Gasteiger partial charge is 0.480 e. The Morgan fingerprint density at radius 2 is 2.28 bits per heavy atom. The Morgan fingerprint density at radius 3 is 2.83 bits per heavy atom. The number of nitrogens with two attached hydrogens (primary N) is 1. The Hall–Kier alpha value is -1.28. The van der Waals surface area contributed by atoms with E-state index in [1.165, 1.54) is 23.6 Å². The van der Waals surface area contributed by atoms with Crippen molar-refractivity contribution in [2.75, 3.05) is 12.4 Å². The molecule has 0 radical (unpaired) electrons. The number of carboxylic acid groups (broad SMARTS) is 1. The number of β-lactam (4-membered cyclic amide) rings is 1. The van der Waals surface area contributed by atoms with Crippen LogP contribution in [0.15, 0.2) is 0 Å².